The molecular formula is C23H29ClN4O4. The summed E-state index contributed by atoms with van der Waals surface area (Å²) in [6.45, 7) is 2.10. The highest BCUT2D eigenvalue weighted by atomic mass is 35.5. The van der Waals surface area contributed by atoms with Crippen LogP contribution in [0, 0.1) is 23.2 Å². The third kappa shape index (κ3) is 6.68. The lowest BCUT2D eigenvalue weighted by Crippen LogP contribution is -2.51. The van der Waals surface area contributed by atoms with Crippen LogP contribution in [-0.2, 0) is 20.0 Å². The zero-order valence-corrected chi connectivity index (χ0v) is 18.8. The number of carbonyl (C=O) groups is 3. The van der Waals surface area contributed by atoms with Gasteiger partial charge in [0.05, 0.1) is 18.1 Å². The summed E-state index contributed by atoms with van der Waals surface area (Å²) in [7, 11) is 0. The summed E-state index contributed by atoms with van der Waals surface area (Å²) in [6.07, 6.45) is 3.10. The van der Waals surface area contributed by atoms with Crippen molar-refractivity contribution < 1.29 is 19.5 Å². The zero-order valence-electron chi connectivity index (χ0n) is 18.1. The highest BCUT2D eigenvalue weighted by molar-refractivity contribution is 6.30. The number of carbonyl (C=O) groups excluding carboxylic acids is 3. The average Bonchev–Trinajstić information content (AvgIpc) is 3.47. The molecule has 0 bridgehead atoms. The Hall–Kier alpha value is -2.63. The van der Waals surface area contributed by atoms with E-state index in [9.17, 15) is 24.8 Å². The second kappa shape index (κ2) is 10.3. The van der Waals surface area contributed by atoms with Gasteiger partial charge >= 0.3 is 0 Å². The monoisotopic (exact) mass is 460 g/mol. The molecule has 3 amide bonds. The summed E-state index contributed by atoms with van der Waals surface area (Å²) < 4.78 is 0. The number of rotatable bonds is 10. The first-order valence-electron chi connectivity index (χ1n) is 10.9. The second-order valence-electron chi connectivity index (χ2n) is 8.96. The number of nitriles is 1. The van der Waals surface area contributed by atoms with Crippen LogP contribution in [0.25, 0.3) is 0 Å². The van der Waals surface area contributed by atoms with Crippen LogP contribution < -0.4 is 16.0 Å². The second-order valence-corrected chi connectivity index (χ2v) is 9.40. The maximum atomic E-state index is 12.9. The Kier molecular flexibility index (Phi) is 7.75. The summed E-state index contributed by atoms with van der Waals surface area (Å²) in [4.78, 5) is 37.4. The van der Waals surface area contributed by atoms with Gasteiger partial charge in [0, 0.05) is 17.5 Å². The molecule has 4 atom stereocenters. The molecular weight excluding hydrogens is 432 g/mol. The number of hydrogen-bond donors (Lipinski definition) is 4. The van der Waals surface area contributed by atoms with Crippen molar-refractivity contribution in [2.75, 3.05) is 6.54 Å². The first-order valence-corrected chi connectivity index (χ1v) is 11.3. The van der Waals surface area contributed by atoms with Gasteiger partial charge in [0.2, 0.25) is 17.7 Å². The molecule has 0 aromatic heterocycles. The molecule has 1 aromatic carbocycles. The van der Waals surface area contributed by atoms with Gasteiger partial charge in [-0.15, -0.1) is 0 Å². The van der Waals surface area contributed by atoms with Gasteiger partial charge in [-0.25, -0.2) is 0 Å². The number of halogens is 1. The molecule has 172 valence electrons. The van der Waals surface area contributed by atoms with Crippen LogP contribution in [0.2, 0.25) is 5.02 Å². The molecule has 4 unspecified atom stereocenters. The molecule has 4 N–H and O–H groups in total. The van der Waals surface area contributed by atoms with Gasteiger partial charge in [-0.3, -0.25) is 14.4 Å². The van der Waals surface area contributed by atoms with E-state index < -0.39 is 29.5 Å². The molecule has 0 radical (unpaired) electrons. The number of benzene rings is 1. The fourth-order valence-electron chi connectivity index (χ4n) is 3.96. The molecule has 0 spiro atoms. The first kappa shape index (κ1) is 24.0. The summed E-state index contributed by atoms with van der Waals surface area (Å²) in [5, 5.41) is 28.9. The van der Waals surface area contributed by atoms with Crippen LogP contribution in [0.1, 0.15) is 51.0 Å². The van der Waals surface area contributed by atoms with Crippen LogP contribution in [0.3, 0.4) is 0 Å². The van der Waals surface area contributed by atoms with Crippen LogP contribution in [-0.4, -0.2) is 41.5 Å². The van der Waals surface area contributed by atoms with E-state index in [2.05, 4.69) is 16.0 Å². The predicted molar refractivity (Wildman–Crippen MR) is 118 cm³/mol. The van der Waals surface area contributed by atoms with Gasteiger partial charge in [0.25, 0.3) is 0 Å². The fourth-order valence-corrected chi connectivity index (χ4v) is 4.08. The van der Waals surface area contributed by atoms with Gasteiger partial charge in [-0.05, 0) is 49.8 Å². The molecule has 1 saturated heterocycles. The Morgan fingerprint density at radius 2 is 1.94 bits per heavy atom. The fraction of sp³-hybridized carbons (Fsp3) is 0.565. The van der Waals surface area contributed by atoms with Crippen LogP contribution in [0.15, 0.2) is 24.3 Å². The smallest absolute Gasteiger partial charge is 0.243 e. The molecule has 1 heterocycles. The van der Waals surface area contributed by atoms with Crippen molar-refractivity contribution in [2.24, 2.45) is 11.8 Å². The summed E-state index contributed by atoms with van der Waals surface area (Å²) in [6, 6.07) is 7.02. The Labute approximate surface area is 192 Å². The summed E-state index contributed by atoms with van der Waals surface area (Å²) >= 11 is 5.89. The Bertz CT molecular complexity index is 892. The number of nitrogens with one attached hydrogen (secondary N) is 3. The van der Waals surface area contributed by atoms with Gasteiger partial charge < -0.3 is 21.1 Å². The lowest BCUT2D eigenvalue weighted by atomic mass is 9.92. The molecule has 1 saturated carbocycles. The van der Waals surface area contributed by atoms with Crippen molar-refractivity contribution in [1.29, 1.82) is 5.26 Å². The molecule has 1 aliphatic carbocycles. The van der Waals surface area contributed by atoms with E-state index in [0.29, 0.717) is 35.9 Å². The Morgan fingerprint density at radius 1 is 1.25 bits per heavy atom. The highest BCUT2D eigenvalue weighted by Gasteiger charge is 2.34. The van der Waals surface area contributed by atoms with Crippen molar-refractivity contribution in [1.82, 2.24) is 16.0 Å². The lowest BCUT2D eigenvalue weighted by Gasteiger charge is -2.26. The largest absolute Gasteiger partial charge is 0.385 e. The number of nitrogens with zero attached hydrogens (tertiary/aromatic N) is 1. The topological polar surface area (TPSA) is 131 Å². The predicted octanol–water partition coefficient (Wildman–Crippen LogP) is 1.76. The van der Waals surface area contributed by atoms with E-state index in [1.165, 1.54) is 6.92 Å². The molecule has 8 nitrogen and oxygen atoms in total. The SMILES string of the molecule is CC(O)(CC(=O)NC(CC1CC1)C(=O)NC(C#N)CC1CCNC1=O)c1ccc(Cl)cc1. The Morgan fingerprint density at radius 3 is 2.50 bits per heavy atom. The van der Waals surface area contributed by atoms with E-state index in [1.54, 1.807) is 24.3 Å². The molecule has 2 fully saturated rings. The van der Waals surface area contributed by atoms with E-state index in [4.69, 9.17) is 11.6 Å². The molecule has 3 rings (SSSR count). The summed E-state index contributed by atoms with van der Waals surface area (Å²) in [5.41, 5.74) is -0.889. The number of amides is 3. The van der Waals surface area contributed by atoms with Crippen molar-refractivity contribution in [3.05, 3.63) is 34.9 Å². The van der Waals surface area contributed by atoms with E-state index >= 15 is 0 Å². The number of aliphatic hydroxyl groups is 1. The number of hydrogen-bond acceptors (Lipinski definition) is 5. The maximum Gasteiger partial charge on any atom is 0.243 e. The van der Waals surface area contributed by atoms with Gasteiger partial charge in [0.15, 0.2) is 0 Å². The van der Waals surface area contributed by atoms with E-state index in [-0.39, 0.29) is 24.7 Å². The van der Waals surface area contributed by atoms with Gasteiger partial charge in [-0.2, -0.15) is 5.26 Å². The first-order chi connectivity index (χ1) is 15.2. The minimum absolute atomic E-state index is 0.105. The van der Waals surface area contributed by atoms with Crippen molar-refractivity contribution in [3.63, 3.8) is 0 Å². The Balaban J connectivity index is 1.60. The normalized spacial score (nSPS) is 21.6. The molecule has 2 aliphatic rings. The minimum Gasteiger partial charge on any atom is -0.385 e. The highest BCUT2D eigenvalue weighted by Crippen LogP contribution is 2.34. The minimum atomic E-state index is -1.43. The third-order valence-electron chi connectivity index (χ3n) is 6.04. The van der Waals surface area contributed by atoms with Gasteiger partial charge in [0.1, 0.15) is 12.1 Å². The van der Waals surface area contributed by atoms with Crippen molar-refractivity contribution in [3.8, 4) is 6.07 Å². The molecule has 32 heavy (non-hydrogen) atoms. The molecule has 9 heteroatoms. The van der Waals surface area contributed by atoms with Crippen molar-refractivity contribution in [2.45, 2.75) is 63.1 Å². The standard InChI is InChI=1S/C23H29ClN4O4/c1-23(32,16-4-6-17(24)7-5-16)12-20(29)28-19(10-14-2-3-14)22(31)27-18(13-25)11-15-8-9-26-21(15)30/h4-7,14-15,18-19,32H,2-3,8-12H2,1H3,(H,26,30)(H,27,31)(H,28,29). The van der Waals surface area contributed by atoms with Crippen molar-refractivity contribution >= 4 is 29.3 Å². The maximum absolute atomic E-state index is 12.9. The van der Waals surface area contributed by atoms with E-state index in [1.807, 2.05) is 6.07 Å². The average molecular weight is 461 g/mol. The van der Waals surface area contributed by atoms with Gasteiger partial charge in [-0.1, -0.05) is 36.6 Å². The molecule has 1 aliphatic heterocycles. The van der Waals surface area contributed by atoms with Crippen LogP contribution >= 0.6 is 11.6 Å². The third-order valence-corrected chi connectivity index (χ3v) is 6.30. The summed E-state index contributed by atoms with van der Waals surface area (Å²) in [5.74, 6) is -0.961. The quantitative estimate of drug-likeness (QED) is 0.422. The zero-order chi connectivity index (χ0) is 23.3. The van der Waals surface area contributed by atoms with Crippen LogP contribution in [0.4, 0.5) is 0 Å². The van der Waals surface area contributed by atoms with Crippen LogP contribution in [0.5, 0.6) is 0 Å². The lowest BCUT2D eigenvalue weighted by molar-refractivity contribution is -0.132. The van der Waals surface area contributed by atoms with E-state index in [0.717, 1.165) is 12.8 Å². The molecule has 1 aromatic rings.